The number of aromatic nitrogens is 1. The van der Waals surface area contributed by atoms with E-state index >= 15 is 0 Å². The van der Waals surface area contributed by atoms with Crippen molar-refractivity contribution in [3.63, 3.8) is 0 Å². The zero-order valence-corrected chi connectivity index (χ0v) is 14.5. The van der Waals surface area contributed by atoms with E-state index in [2.05, 4.69) is 16.0 Å². The number of benzene rings is 1. The van der Waals surface area contributed by atoms with Crippen LogP contribution in [0.2, 0.25) is 5.02 Å². The maximum Gasteiger partial charge on any atom is 0.414 e. The lowest BCUT2D eigenvalue weighted by atomic mass is 10.1. The minimum atomic E-state index is -1.82. The summed E-state index contributed by atoms with van der Waals surface area (Å²) in [6.45, 7) is 1.38. The summed E-state index contributed by atoms with van der Waals surface area (Å²) >= 11 is 5.90. The maximum atomic E-state index is 10.0. The van der Waals surface area contributed by atoms with Gasteiger partial charge in [0, 0.05) is 43.5 Å². The lowest BCUT2D eigenvalue weighted by Gasteiger charge is -2.12. The van der Waals surface area contributed by atoms with Gasteiger partial charge in [0.15, 0.2) is 0 Å². The standard InChI is InChI=1S/C15H19ClN2O.C2H2O4/c1-18-9-3-6-14(18)7-8-17-11-15(19)12-4-2-5-13(16)10-12;3-1(4)2(5)6/h2-6,9-10,15,17,19H,7-8,11H2,1H3;(H,3,4)(H,5,6). The Morgan fingerprint density at radius 3 is 2.40 bits per heavy atom. The van der Waals surface area contributed by atoms with Crippen LogP contribution in [0.15, 0.2) is 42.6 Å². The number of aliphatic hydroxyl groups excluding tert-OH is 1. The molecule has 8 heteroatoms. The molecule has 0 aliphatic heterocycles. The number of halogens is 1. The number of aryl methyl sites for hydroxylation is 1. The Kier molecular flexibility index (Phi) is 8.69. The van der Waals surface area contributed by atoms with Crippen molar-refractivity contribution in [3.05, 3.63) is 58.9 Å². The molecule has 4 N–H and O–H groups in total. The van der Waals surface area contributed by atoms with E-state index in [1.54, 1.807) is 12.1 Å². The van der Waals surface area contributed by atoms with E-state index in [4.69, 9.17) is 31.4 Å². The summed E-state index contributed by atoms with van der Waals surface area (Å²) in [6, 6.07) is 11.5. The van der Waals surface area contributed by atoms with Crippen molar-refractivity contribution >= 4 is 23.5 Å². The molecule has 0 spiro atoms. The number of aliphatic carboxylic acids is 2. The van der Waals surface area contributed by atoms with Gasteiger partial charge < -0.3 is 25.2 Å². The summed E-state index contributed by atoms with van der Waals surface area (Å²) < 4.78 is 2.11. The van der Waals surface area contributed by atoms with Crippen molar-refractivity contribution in [1.82, 2.24) is 9.88 Å². The number of hydrogen-bond donors (Lipinski definition) is 4. The van der Waals surface area contributed by atoms with E-state index in [1.807, 2.05) is 31.4 Å². The topological polar surface area (TPSA) is 112 Å². The molecule has 1 heterocycles. The van der Waals surface area contributed by atoms with Crippen LogP contribution >= 0.6 is 11.6 Å². The Morgan fingerprint density at radius 2 is 1.88 bits per heavy atom. The van der Waals surface area contributed by atoms with E-state index in [1.165, 1.54) is 5.69 Å². The lowest BCUT2D eigenvalue weighted by Crippen LogP contribution is -2.24. The number of carboxylic acids is 2. The summed E-state index contributed by atoms with van der Waals surface area (Å²) in [5.41, 5.74) is 2.13. The Balaban J connectivity index is 0.000000450. The fraction of sp³-hybridized carbons (Fsp3) is 0.294. The van der Waals surface area contributed by atoms with Crippen LogP contribution in [-0.4, -0.2) is 44.9 Å². The summed E-state index contributed by atoms with van der Waals surface area (Å²) in [5.74, 6) is -3.65. The molecular formula is C17H21ClN2O5. The fourth-order valence-corrected chi connectivity index (χ4v) is 2.24. The molecule has 0 aliphatic rings. The van der Waals surface area contributed by atoms with E-state index in [9.17, 15) is 5.11 Å². The first-order valence-electron chi connectivity index (χ1n) is 7.52. The summed E-state index contributed by atoms with van der Waals surface area (Å²) in [6.07, 6.45) is 2.47. The van der Waals surface area contributed by atoms with Crippen LogP contribution < -0.4 is 5.32 Å². The highest BCUT2D eigenvalue weighted by Gasteiger charge is 2.07. The van der Waals surface area contributed by atoms with Crippen LogP contribution in [0.3, 0.4) is 0 Å². The SMILES string of the molecule is Cn1cccc1CCNCC(O)c1cccc(Cl)c1.O=C(O)C(=O)O. The number of nitrogens with zero attached hydrogens (tertiary/aromatic N) is 1. The molecule has 0 radical (unpaired) electrons. The van der Waals surface area contributed by atoms with Gasteiger partial charge in [-0.15, -0.1) is 0 Å². The number of nitrogens with one attached hydrogen (secondary N) is 1. The number of carboxylic acid groups (broad SMARTS) is 2. The van der Waals surface area contributed by atoms with Gasteiger partial charge in [-0.25, -0.2) is 9.59 Å². The first-order valence-corrected chi connectivity index (χ1v) is 7.89. The van der Waals surface area contributed by atoms with Crippen molar-refractivity contribution in [3.8, 4) is 0 Å². The van der Waals surface area contributed by atoms with Gasteiger partial charge >= 0.3 is 11.9 Å². The van der Waals surface area contributed by atoms with E-state index in [0.717, 1.165) is 18.5 Å². The molecule has 0 aliphatic carbocycles. The quantitative estimate of drug-likeness (QED) is 0.456. The number of rotatable bonds is 6. The monoisotopic (exact) mass is 368 g/mol. The van der Waals surface area contributed by atoms with Gasteiger partial charge in [0.25, 0.3) is 0 Å². The predicted molar refractivity (Wildman–Crippen MR) is 93.7 cm³/mol. The summed E-state index contributed by atoms with van der Waals surface area (Å²) in [4.78, 5) is 18.2. The van der Waals surface area contributed by atoms with Gasteiger partial charge in [0.2, 0.25) is 0 Å². The molecule has 7 nitrogen and oxygen atoms in total. The highest BCUT2D eigenvalue weighted by Crippen LogP contribution is 2.16. The van der Waals surface area contributed by atoms with Crippen LogP contribution in [-0.2, 0) is 23.1 Å². The van der Waals surface area contributed by atoms with Crippen molar-refractivity contribution in [2.75, 3.05) is 13.1 Å². The molecule has 2 rings (SSSR count). The molecule has 25 heavy (non-hydrogen) atoms. The fourth-order valence-electron chi connectivity index (χ4n) is 2.04. The normalized spacial score (nSPS) is 11.3. The Bertz CT molecular complexity index is 690. The van der Waals surface area contributed by atoms with Gasteiger partial charge in [-0.1, -0.05) is 23.7 Å². The maximum absolute atomic E-state index is 10.0. The highest BCUT2D eigenvalue weighted by molar-refractivity contribution is 6.30. The Hall–Kier alpha value is -2.35. The molecule has 0 saturated carbocycles. The van der Waals surface area contributed by atoms with E-state index in [-0.39, 0.29) is 0 Å². The molecular weight excluding hydrogens is 348 g/mol. The molecule has 2 aromatic rings. The lowest BCUT2D eigenvalue weighted by molar-refractivity contribution is -0.159. The Labute approximate surface area is 150 Å². The zero-order chi connectivity index (χ0) is 18.8. The predicted octanol–water partition coefficient (Wildman–Crippen LogP) is 1.70. The van der Waals surface area contributed by atoms with E-state index in [0.29, 0.717) is 11.6 Å². The molecule has 0 saturated heterocycles. The first-order chi connectivity index (χ1) is 11.8. The van der Waals surface area contributed by atoms with Crippen LogP contribution in [0, 0.1) is 0 Å². The largest absolute Gasteiger partial charge is 0.473 e. The van der Waals surface area contributed by atoms with Crippen molar-refractivity contribution < 1.29 is 24.9 Å². The second-order valence-electron chi connectivity index (χ2n) is 5.25. The van der Waals surface area contributed by atoms with Gasteiger partial charge in [0.05, 0.1) is 6.10 Å². The molecule has 0 fully saturated rings. The van der Waals surface area contributed by atoms with Gasteiger partial charge in [-0.3, -0.25) is 0 Å². The molecule has 136 valence electrons. The highest BCUT2D eigenvalue weighted by atomic mass is 35.5. The average molecular weight is 369 g/mol. The van der Waals surface area contributed by atoms with Crippen LogP contribution in [0.25, 0.3) is 0 Å². The van der Waals surface area contributed by atoms with Crippen LogP contribution in [0.4, 0.5) is 0 Å². The van der Waals surface area contributed by atoms with E-state index < -0.39 is 18.0 Å². The minimum absolute atomic E-state index is 0.521. The van der Waals surface area contributed by atoms with Gasteiger partial charge in [-0.05, 0) is 29.8 Å². The van der Waals surface area contributed by atoms with Gasteiger partial charge in [0.1, 0.15) is 0 Å². The van der Waals surface area contributed by atoms with Crippen molar-refractivity contribution in [2.45, 2.75) is 12.5 Å². The number of hydrogen-bond acceptors (Lipinski definition) is 4. The number of aliphatic hydroxyl groups is 1. The molecule has 1 aromatic carbocycles. The molecule has 0 amide bonds. The number of carbonyl (C=O) groups is 2. The molecule has 1 aromatic heterocycles. The van der Waals surface area contributed by atoms with Crippen molar-refractivity contribution in [1.29, 1.82) is 0 Å². The second-order valence-corrected chi connectivity index (χ2v) is 5.68. The third-order valence-electron chi connectivity index (χ3n) is 3.36. The summed E-state index contributed by atoms with van der Waals surface area (Å²) in [5, 5.41) is 28.7. The molecule has 0 bridgehead atoms. The Morgan fingerprint density at radius 1 is 1.20 bits per heavy atom. The van der Waals surface area contributed by atoms with Crippen molar-refractivity contribution in [2.24, 2.45) is 7.05 Å². The minimum Gasteiger partial charge on any atom is -0.473 e. The average Bonchev–Trinajstić information content (AvgIpc) is 2.97. The second kappa shape index (κ2) is 10.5. The summed E-state index contributed by atoms with van der Waals surface area (Å²) in [7, 11) is 2.04. The smallest absolute Gasteiger partial charge is 0.414 e. The first kappa shape index (κ1) is 20.7. The van der Waals surface area contributed by atoms with Crippen LogP contribution in [0.1, 0.15) is 17.4 Å². The zero-order valence-electron chi connectivity index (χ0n) is 13.7. The molecule has 1 unspecified atom stereocenters. The molecule has 1 atom stereocenters. The third-order valence-corrected chi connectivity index (χ3v) is 3.60. The van der Waals surface area contributed by atoms with Gasteiger partial charge in [-0.2, -0.15) is 0 Å². The van der Waals surface area contributed by atoms with Crippen LogP contribution in [0.5, 0.6) is 0 Å². The third kappa shape index (κ3) is 7.84.